The second-order valence-corrected chi connectivity index (χ2v) is 5.00. The van der Waals surface area contributed by atoms with Crippen LogP contribution in [0.5, 0.6) is 0 Å². The fraction of sp³-hybridized carbons (Fsp3) is 0.909. The number of carbonyl (C=O) groups is 1. The van der Waals surface area contributed by atoms with E-state index in [4.69, 9.17) is 4.74 Å². The minimum absolute atomic E-state index is 0.101. The van der Waals surface area contributed by atoms with Gasteiger partial charge in [0.05, 0.1) is 5.41 Å². The monoisotopic (exact) mass is 199 g/mol. The molecule has 0 aromatic carbocycles. The number of amides is 1. The third-order valence-corrected chi connectivity index (χ3v) is 4.36. The van der Waals surface area contributed by atoms with Crippen molar-refractivity contribution in [2.75, 3.05) is 7.11 Å². The molecular weight excluding hydrogens is 178 g/mol. The molecule has 3 heteroatoms. The largest absolute Gasteiger partial charge is 0.362 e. The van der Waals surface area contributed by atoms with E-state index < -0.39 is 0 Å². The summed E-state index contributed by atoms with van der Waals surface area (Å²) in [7, 11) is 1.59. The minimum atomic E-state index is -0.236. The van der Waals surface area contributed by atoms with Gasteiger partial charge in [-0.05, 0) is 25.2 Å². The van der Waals surface area contributed by atoms with E-state index >= 15 is 0 Å². The molecule has 3 nitrogen and oxygen atoms in total. The first kappa shape index (κ1) is 11.5. The van der Waals surface area contributed by atoms with Crippen molar-refractivity contribution in [2.24, 2.45) is 16.7 Å². The van der Waals surface area contributed by atoms with Crippen LogP contribution >= 0.6 is 0 Å². The third-order valence-electron chi connectivity index (χ3n) is 4.36. The number of carbonyl (C=O) groups excluding carboxylic acids is 1. The van der Waals surface area contributed by atoms with Crippen molar-refractivity contribution < 1.29 is 9.53 Å². The van der Waals surface area contributed by atoms with Gasteiger partial charge in [-0.3, -0.25) is 4.79 Å². The molecule has 0 aromatic rings. The number of rotatable bonds is 3. The second-order valence-electron chi connectivity index (χ2n) is 5.00. The van der Waals surface area contributed by atoms with Crippen molar-refractivity contribution >= 4 is 5.91 Å². The fourth-order valence-electron chi connectivity index (χ4n) is 2.16. The van der Waals surface area contributed by atoms with Crippen LogP contribution in [0, 0.1) is 16.7 Å². The van der Waals surface area contributed by atoms with Crippen LogP contribution in [-0.2, 0) is 9.53 Å². The van der Waals surface area contributed by atoms with E-state index in [9.17, 15) is 4.79 Å². The molecule has 0 spiro atoms. The predicted molar refractivity (Wildman–Crippen MR) is 55.7 cm³/mol. The van der Waals surface area contributed by atoms with Gasteiger partial charge in [-0.1, -0.05) is 20.8 Å². The Morgan fingerprint density at radius 2 is 1.86 bits per heavy atom. The first-order chi connectivity index (χ1) is 6.28. The van der Waals surface area contributed by atoms with Gasteiger partial charge < -0.3 is 10.1 Å². The molecule has 1 amide bonds. The first-order valence-electron chi connectivity index (χ1n) is 5.12. The highest BCUT2D eigenvalue weighted by molar-refractivity contribution is 5.87. The Morgan fingerprint density at radius 3 is 2.14 bits per heavy atom. The summed E-state index contributed by atoms with van der Waals surface area (Å²) >= 11 is 0. The molecule has 0 aliphatic heterocycles. The van der Waals surface area contributed by atoms with E-state index in [1.807, 2.05) is 13.8 Å². The predicted octanol–water partition coefficient (Wildman–Crippen LogP) is 1.78. The highest BCUT2D eigenvalue weighted by atomic mass is 16.5. The average Bonchev–Trinajstić information content (AvgIpc) is 2.51. The Balaban J connectivity index is 2.64. The van der Waals surface area contributed by atoms with Crippen LogP contribution in [0.1, 0.15) is 34.6 Å². The lowest BCUT2D eigenvalue weighted by molar-refractivity contribution is -0.130. The van der Waals surface area contributed by atoms with Crippen molar-refractivity contribution in [3.63, 3.8) is 0 Å². The smallest absolute Gasteiger partial charge is 0.228 e. The van der Waals surface area contributed by atoms with Crippen molar-refractivity contribution in [2.45, 2.75) is 40.8 Å². The van der Waals surface area contributed by atoms with E-state index in [0.29, 0.717) is 5.92 Å². The maximum Gasteiger partial charge on any atom is 0.228 e. The van der Waals surface area contributed by atoms with Gasteiger partial charge in [0.1, 0.15) is 6.23 Å². The highest BCUT2D eigenvalue weighted by Crippen LogP contribution is 2.68. The van der Waals surface area contributed by atoms with Crippen molar-refractivity contribution in [1.82, 2.24) is 5.32 Å². The summed E-state index contributed by atoms with van der Waals surface area (Å²) in [4.78, 5) is 11.9. The molecule has 0 radical (unpaired) electrons. The van der Waals surface area contributed by atoms with Gasteiger partial charge in [0.15, 0.2) is 0 Å². The van der Waals surface area contributed by atoms with Crippen LogP contribution in [0.15, 0.2) is 0 Å². The average molecular weight is 199 g/mol. The van der Waals surface area contributed by atoms with Gasteiger partial charge in [-0.2, -0.15) is 0 Å². The molecule has 14 heavy (non-hydrogen) atoms. The molecular formula is C11H21NO2. The lowest BCUT2D eigenvalue weighted by Gasteiger charge is -2.18. The van der Waals surface area contributed by atoms with Crippen molar-refractivity contribution in [1.29, 1.82) is 0 Å². The minimum Gasteiger partial charge on any atom is -0.362 e. The molecule has 1 rings (SSSR count). The SMILES string of the molecule is COC(C)NC(=O)C1(C)C(C)C1(C)C. The Hall–Kier alpha value is -0.570. The first-order valence-corrected chi connectivity index (χ1v) is 5.12. The van der Waals surface area contributed by atoms with Gasteiger partial charge in [-0.25, -0.2) is 0 Å². The molecule has 1 aliphatic rings. The molecule has 82 valence electrons. The lowest BCUT2D eigenvalue weighted by Crippen LogP contribution is -2.40. The third kappa shape index (κ3) is 1.34. The lowest BCUT2D eigenvalue weighted by atomic mass is 9.97. The van der Waals surface area contributed by atoms with Crippen LogP contribution in [-0.4, -0.2) is 19.2 Å². The summed E-state index contributed by atoms with van der Waals surface area (Å²) in [5, 5.41) is 2.86. The molecule has 3 unspecified atom stereocenters. The summed E-state index contributed by atoms with van der Waals surface area (Å²) in [6.45, 7) is 10.2. The molecule has 0 heterocycles. The van der Waals surface area contributed by atoms with E-state index in [1.54, 1.807) is 7.11 Å². The zero-order chi connectivity index (χ0) is 11.1. The van der Waals surface area contributed by atoms with Crippen LogP contribution < -0.4 is 5.32 Å². The summed E-state index contributed by atoms with van der Waals surface area (Å²) in [6.07, 6.45) is -0.206. The standard InChI is InChI=1S/C11H21NO2/c1-7-10(3,4)11(7,5)9(13)12-8(2)14-6/h7-8H,1-6H3,(H,12,13). The Kier molecular flexibility index (Phi) is 2.65. The van der Waals surface area contributed by atoms with E-state index in [1.165, 1.54) is 0 Å². The summed E-state index contributed by atoms with van der Waals surface area (Å²) in [6, 6.07) is 0. The van der Waals surface area contributed by atoms with Crippen LogP contribution in [0.2, 0.25) is 0 Å². The summed E-state index contributed by atoms with van der Waals surface area (Å²) < 4.78 is 5.02. The summed E-state index contributed by atoms with van der Waals surface area (Å²) in [5.74, 6) is 0.531. The summed E-state index contributed by atoms with van der Waals surface area (Å²) in [5.41, 5.74) is -0.135. The Bertz CT molecular complexity index is 250. The van der Waals surface area contributed by atoms with E-state index in [0.717, 1.165) is 0 Å². The number of nitrogens with one attached hydrogen (secondary N) is 1. The van der Waals surface area contributed by atoms with Crippen molar-refractivity contribution in [3.05, 3.63) is 0 Å². The molecule has 1 N–H and O–H groups in total. The fourth-order valence-corrected chi connectivity index (χ4v) is 2.16. The van der Waals surface area contributed by atoms with Gasteiger partial charge >= 0.3 is 0 Å². The number of ether oxygens (including phenoxy) is 1. The van der Waals surface area contributed by atoms with Crippen LogP contribution in [0.25, 0.3) is 0 Å². The number of methoxy groups -OCH3 is 1. The zero-order valence-electron chi connectivity index (χ0n) is 9.97. The molecule has 0 bridgehead atoms. The van der Waals surface area contributed by atoms with E-state index in [-0.39, 0.29) is 23.0 Å². The maximum absolute atomic E-state index is 11.9. The van der Waals surface area contributed by atoms with Gasteiger partial charge in [0, 0.05) is 7.11 Å². The normalized spacial score (nSPS) is 36.3. The van der Waals surface area contributed by atoms with Gasteiger partial charge in [-0.15, -0.1) is 0 Å². The molecule has 0 saturated heterocycles. The van der Waals surface area contributed by atoms with Crippen LogP contribution in [0.3, 0.4) is 0 Å². The Labute approximate surface area is 86.2 Å². The number of hydrogen-bond acceptors (Lipinski definition) is 2. The second kappa shape index (κ2) is 3.23. The van der Waals surface area contributed by atoms with Gasteiger partial charge in [0.25, 0.3) is 0 Å². The highest BCUT2D eigenvalue weighted by Gasteiger charge is 2.69. The Morgan fingerprint density at radius 1 is 1.43 bits per heavy atom. The van der Waals surface area contributed by atoms with Crippen LogP contribution in [0.4, 0.5) is 0 Å². The maximum atomic E-state index is 11.9. The van der Waals surface area contributed by atoms with Gasteiger partial charge in [0.2, 0.25) is 5.91 Å². The molecule has 0 aromatic heterocycles. The molecule has 1 aliphatic carbocycles. The quantitative estimate of drug-likeness (QED) is 0.704. The molecule has 1 saturated carbocycles. The van der Waals surface area contributed by atoms with Crippen molar-refractivity contribution in [3.8, 4) is 0 Å². The topological polar surface area (TPSA) is 38.3 Å². The zero-order valence-corrected chi connectivity index (χ0v) is 9.97. The van der Waals surface area contributed by atoms with E-state index in [2.05, 4.69) is 26.1 Å². The molecule has 3 atom stereocenters. The number of hydrogen-bond donors (Lipinski definition) is 1. The molecule has 1 fully saturated rings.